The summed E-state index contributed by atoms with van der Waals surface area (Å²) < 4.78 is 0. The highest BCUT2D eigenvalue weighted by Gasteiger charge is 2.31. The first kappa shape index (κ1) is 11.5. The van der Waals surface area contributed by atoms with Gasteiger partial charge in [-0.05, 0) is 11.6 Å². The van der Waals surface area contributed by atoms with E-state index in [1.807, 2.05) is 6.07 Å². The van der Waals surface area contributed by atoms with E-state index in [2.05, 4.69) is 10.3 Å². The van der Waals surface area contributed by atoms with E-state index >= 15 is 0 Å². The van der Waals surface area contributed by atoms with Gasteiger partial charge in [0.25, 0.3) is 0 Å². The van der Waals surface area contributed by atoms with Crippen LogP contribution < -0.4 is 5.32 Å². The first-order chi connectivity index (χ1) is 8.18. The quantitative estimate of drug-likeness (QED) is 0.803. The smallest absolute Gasteiger partial charge is 0.332 e. The molecule has 3 amide bonds. The van der Waals surface area contributed by atoms with E-state index in [1.165, 1.54) is 0 Å². The number of nitrogens with one attached hydrogen (secondary N) is 1. The van der Waals surface area contributed by atoms with Crippen molar-refractivity contribution in [2.75, 3.05) is 13.6 Å². The Balaban J connectivity index is 1.91. The minimum Gasteiger partial charge on any atom is -0.332 e. The fourth-order valence-corrected chi connectivity index (χ4v) is 1.68. The molecule has 0 unspecified atom stereocenters. The molecule has 0 radical (unpaired) electrons. The van der Waals surface area contributed by atoms with E-state index in [4.69, 9.17) is 0 Å². The lowest BCUT2D eigenvalue weighted by Gasteiger charge is -2.22. The van der Waals surface area contributed by atoms with Gasteiger partial charge in [-0.15, -0.1) is 0 Å². The molecule has 1 aliphatic heterocycles. The van der Waals surface area contributed by atoms with Crippen molar-refractivity contribution in [3.8, 4) is 0 Å². The summed E-state index contributed by atoms with van der Waals surface area (Å²) in [5.41, 5.74) is 0.898. The standard InChI is InChI=1S/C11H14N4O2/c1-14-6-4-10(16)15(14)11(17)13-8-9-3-2-5-12-7-9/h2-3,5,7H,4,6,8H2,1H3,(H,13,17). The lowest BCUT2D eigenvalue weighted by Crippen LogP contribution is -2.46. The zero-order valence-corrected chi connectivity index (χ0v) is 9.59. The van der Waals surface area contributed by atoms with Crippen LogP contribution in [0, 0.1) is 0 Å². The van der Waals surface area contributed by atoms with Crippen LogP contribution in [0.15, 0.2) is 24.5 Å². The fourth-order valence-electron chi connectivity index (χ4n) is 1.68. The first-order valence-corrected chi connectivity index (χ1v) is 5.39. The van der Waals surface area contributed by atoms with Crippen molar-refractivity contribution in [3.63, 3.8) is 0 Å². The Bertz CT molecular complexity index is 421. The van der Waals surface area contributed by atoms with Crippen LogP contribution >= 0.6 is 0 Å². The van der Waals surface area contributed by atoms with E-state index in [0.29, 0.717) is 19.5 Å². The van der Waals surface area contributed by atoms with Gasteiger partial charge in [-0.1, -0.05) is 6.07 Å². The van der Waals surface area contributed by atoms with Crippen molar-refractivity contribution in [2.45, 2.75) is 13.0 Å². The van der Waals surface area contributed by atoms with E-state index in [0.717, 1.165) is 10.6 Å². The maximum Gasteiger partial charge on any atom is 0.339 e. The number of carbonyl (C=O) groups is 2. The van der Waals surface area contributed by atoms with Crippen LogP contribution in [-0.2, 0) is 11.3 Å². The average Bonchev–Trinajstić information content (AvgIpc) is 2.67. The van der Waals surface area contributed by atoms with Gasteiger partial charge in [0, 0.05) is 39.0 Å². The summed E-state index contributed by atoms with van der Waals surface area (Å²) in [5, 5.41) is 5.43. The van der Waals surface area contributed by atoms with E-state index < -0.39 is 0 Å². The highest BCUT2D eigenvalue weighted by Crippen LogP contribution is 2.09. The molecule has 0 spiro atoms. The van der Waals surface area contributed by atoms with Crippen LogP contribution in [0.2, 0.25) is 0 Å². The molecule has 0 aromatic carbocycles. The van der Waals surface area contributed by atoms with Gasteiger partial charge in [-0.2, -0.15) is 5.01 Å². The Morgan fingerprint density at radius 3 is 3.00 bits per heavy atom. The molecule has 1 N–H and O–H groups in total. The molecule has 0 atom stereocenters. The summed E-state index contributed by atoms with van der Waals surface area (Å²) in [6, 6.07) is 3.27. The molecule has 1 fully saturated rings. The van der Waals surface area contributed by atoms with Gasteiger partial charge in [0.15, 0.2) is 0 Å². The second kappa shape index (κ2) is 4.92. The number of hydrogen-bond donors (Lipinski definition) is 1. The minimum atomic E-state index is -0.390. The number of hydrogen-bond acceptors (Lipinski definition) is 4. The van der Waals surface area contributed by atoms with E-state index in [9.17, 15) is 9.59 Å². The molecule has 90 valence electrons. The molecule has 0 saturated carbocycles. The van der Waals surface area contributed by atoms with Crippen LogP contribution in [-0.4, -0.2) is 40.5 Å². The van der Waals surface area contributed by atoms with Crippen LogP contribution in [0.5, 0.6) is 0 Å². The Morgan fingerprint density at radius 2 is 2.41 bits per heavy atom. The molecular weight excluding hydrogens is 220 g/mol. The third-order valence-corrected chi connectivity index (χ3v) is 2.59. The Kier molecular flexibility index (Phi) is 3.34. The molecule has 1 aliphatic rings. The predicted octanol–water partition coefficient (Wildman–Crippen LogP) is 0.370. The molecule has 6 heteroatoms. The lowest BCUT2D eigenvalue weighted by molar-refractivity contribution is -0.131. The monoisotopic (exact) mass is 234 g/mol. The second-order valence-corrected chi connectivity index (χ2v) is 3.86. The molecule has 0 aliphatic carbocycles. The van der Waals surface area contributed by atoms with Crippen molar-refractivity contribution >= 4 is 11.9 Å². The predicted molar refractivity (Wildman–Crippen MR) is 60.6 cm³/mol. The van der Waals surface area contributed by atoms with Crippen LogP contribution in [0.25, 0.3) is 0 Å². The number of aromatic nitrogens is 1. The maximum atomic E-state index is 11.8. The summed E-state index contributed by atoms with van der Waals surface area (Å²) >= 11 is 0. The summed E-state index contributed by atoms with van der Waals surface area (Å²) in [4.78, 5) is 27.2. The summed E-state index contributed by atoms with van der Waals surface area (Å²) in [6.07, 6.45) is 3.73. The van der Waals surface area contributed by atoms with Crippen molar-refractivity contribution < 1.29 is 9.59 Å². The van der Waals surface area contributed by atoms with Crippen molar-refractivity contribution in [1.29, 1.82) is 0 Å². The Hall–Kier alpha value is -1.95. The molecule has 17 heavy (non-hydrogen) atoms. The lowest BCUT2D eigenvalue weighted by atomic mass is 10.3. The number of imide groups is 1. The number of pyridine rings is 1. The van der Waals surface area contributed by atoms with Gasteiger partial charge in [-0.25, -0.2) is 9.80 Å². The van der Waals surface area contributed by atoms with Gasteiger partial charge in [0.2, 0.25) is 5.91 Å². The molecule has 2 heterocycles. The van der Waals surface area contributed by atoms with Crippen molar-refractivity contribution in [1.82, 2.24) is 20.3 Å². The highest BCUT2D eigenvalue weighted by atomic mass is 16.2. The third kappa shape index (κ3) is 2.59. The average molecular weight is 234 g/mol. The molecule has 1 saturated heterocycles. The normalized spacial score (nSPS) is 16.3. The fraction of sp³-hybridized carbons (Fsp3) is 0.364. The summed E-state index contributed by atoms with van der Waals surface area (Å²) in [7, 11) is 1.72. The van der Waals surface area contributed by atoms with Gasteiger partial charge in [0.05, 0.1) is 0 Å². The van der Waals surface area contributed by atoms with Crippen LogP contribution in [0.1, 0.15) is 12.0 Å². The van der Waals surface area contributed by atoms with Gasteiger partial charge in [0.1, 0.15) is 0 Å². The second-order valence-electron chi connectivity index (χ2n) is 3.86. The number of nitrogens with zero attached hydrogens (tertiary/aromatic N) is 3. The topological polar surface area (TPSA) is 65.5 Å². The zero-order valence-electron chi connectivity index (χ0n) is 9.59. The van der Waals surface area contributed by atoms with Gasteiger partial charge >= 0.3 is 6.03 Å². The number of urea groups is 1. The minimum absolute atomic E-state index is 0.170. The van der Waals surface area contributed by atoms with E-state index in [-0.39, 0.29) is 11.9 Å². The van der Waals surface area contributed by atoms with Crippen LogP contribution in [0.3, 0.4) is 0 Å². The zero-order chi connectivity index (χ0) is 12.3. The number of rotatable bonds is 2. The van der Waals surface area contributed by atoms with E-state index in [1.54, 1.807) is 30.5 Å². The number of carbonyl (C=O) groups excluding carboxylic acids is 2. The van der Waals surface area contributed by atoms with Gasteiger partial charge < -0.3 is 5.32 Å². The summed E-state index contributed by atoms with van der Waals surface area (Å²) in [5.74, 6) is -0.170. The SMILES string of the molecule is CN1CCC(=O)N1C(=O)NCc1cccnc1. The molecule has 1 aromatic heterocycles. The van der Waals surface area contributed by atoms with Crippen molar-refractivity contribution in [2.24, 2.45) is 0 Å². The maximum absolute atomic E-state index is 11.8. The summed E-state index contributed by atoms with van der Waals surface area (Å²) in [6.45, 7) is 0.948. The first-order valence-electron chi connectivity index (χ1n) is 5.39. The largest absolute Gasteiger partial charge is 0.339 e. The molecular formula is C11H14N4O2. The Morgan fingerprint density at radius 1 is 1.59 bits per heavy atom. The van der Waals surface area contributed by atoms with Crippen LogP contribution in [0.4, 0.5) is 4.79 Å². The van der Waals surface area contributed by atoms with Crippen molar-refractivity contribution in [3.05, 3.63) is 30.1 Å². The molecule has 6 nitrogen and oxygen atoms in total. The highest BCUT2D eigenvalue weighted by molar-refractivity contribution is 5.95. The number of hydrazine groups is 1. The molecule has 2 rings (SSSR count). The third-order valence-electron chi connectivity index (χ3n) is 2.59. The Labute approximate surface area is 99.2 Å². The molecule has 0 bridgehead atoms. The number of amides is 3. The molecule has 1 aromatic rings. The van der Waals surface area contributed by atoms with Gasteiger partial charge in [-0.3, -0.25) is 9.78 Å².